The molecular formula is C20H21FN2O5. The van der Waals surface area contributed by atoms with Gasteiger partial charge in [-0.05, 0) is 44.0 Å². The average molecular weight is 388 g/mol. The maximum Gasteiger partial charge on any atom is 0.309 e. The Morgan fingerprint density at radius 3 is 2.54 bits per heavy atom. The number of ether oxygens (including phenoxy) is 1. The first-order chi connectivity index (χ1) is 13.5. The minimum atomic E-state index is -1.06. The summed E-state index contributed by atoms with van der Waals surface area (Å²) in [4.78, 5) is 38.3. The number of nitrogens with one attached hydrogen (secondary N) is 1. The molecule has 0 aliphatic carbocycles. The second-order valence-electron chi connectivity index (χ2n) is 6.59. The molecule has 1 fully saturated rings. The zero-order valence-corrected chi connectivity index (χ0v) is 15.4. The fourth-order valence-electron chi connectivity index (χ4n) is 3.00. The molecule has 1 aromatic heterocycles. The molecule has 2 heterocycles. The molecule has 1 aromatic carbocycles. The van der Waals surface area contributed by atoms with Gasteiger partial charge in [0.05, 0.1) is 17.9 Å². The average Bonchev–Trinajstić information content (AvgIpc) is 3.24. The van der Waals surface area contributed by atoms with E-state index in [1.165, 1.54) is 31.4 Å². The number of esters is 1. The van der Waals surface area contributed by atoms with Crippen molar-refractivity contribution in [1.82, 2.24) is 4.90 Å². The molecule has 1 N–H and O–H groups in total. The van der Waals surface area contributed by atoms with Crippen molar-refractivity contribution in [2.45, 2.75) is 25.9 Å². The number of amides is 2. The number of rotatable bonds is 5. The lowest BCUT2D eigenvalue weighted by molar-refractivity contribution is -0.158. The molecule has 2 amide bonds. The van der Waals surface area contributed by atoms with E-state index < -0.39 is 29.7 Å². The van der Waals surface area contributed by atoms with Crippen molar-refractivity contribution in [2.24, 2.45) is 5.92 Å². The normalized spacial score (nSPS) is 15.7. The van der Waals surface area contributed by atoms with Gasteiger partial charge in [0, 0.05) is 13.1 Å². The minimum Gasteiger partial charge on any atom is -0.459 e. The molecule has 1 unspecified atom stereocenters. The van der Waals surface area contributed by atoms with Gasteiger partial charge in [-0.1, -0.05) is 12.1 Å². The molecule has 1 aliphatic rings. The Kier molecular flexibility index (Phi) is 6.08. The number of hydrogen-bond donors (Lipinski definition) is 1. The van der Waals surface area contributed by atoms with Gasteiger partial charge in [-0.25, -0.2) is 4.39 Å². The van der Waals surface area contributed by atoms with E-state index in [0.717, 1.165) is 0 Å². The van der Waals surface area contributed by atoms with E-state index in [1.807, 2.05) is 0 Å². The predicted molar refractivity (Wildman–Crippen MR) is 97.9 cm³/mol. The third kappa shape index (κ3) is 4.57. The van der Waals surface area contributed by atoms with Crippen LogP contribution in [0.1, 0.15) is 30.3 Å². The van der Waals surface area contributed by atoms with Crippen LogP contribution in [-0.4, -0.2) is 41.9 Å². The summed E-state index contributed by atoms with van der Waals surface area (Å²) < 4.78 is 24.0. The monoisotopic (exact) mass is 388 g/mol. The van der Waals surface area contributed by atoms with Crippen LogP contribution in [-0.2, 0) is 14.3 Å². The second kappa shape index (κ2) is 8.69. The molecule has 2 aromatic rings. The SMILES string of the molecule is CC(OC(=O)C1CCN(C(=O)c2ccco2)CC1)C(=O)Nc1ccccc1F. The topological polar surface area (TPSA) is 88.8 Å². The van der Waals surface area contributed by atoms with Gasteiger partial charge in [0.15, 0.2) is 11.9 Å². The molecular weight excluding hydrogens is 367 g/mol. The first kappa shape index (κ1) is 19.6. The van der Waals surface area contributed by atoms with Crippen molar-refractivity contribution >= 4 is 23.5 Å². The van der Waals surface area contributed by atoms with Crippen LogP contribution in [0.15, 0.2) is 47.1 Å². The third-order valence-corrected chi connectivity index (χ3v) is 4.64. The van der Waals surface area contributed by atoms with Crippen molar-refractivity contribution in [3.63, 3.8) is 0 Å². The van der Waals surface area contributed by atoms with Crippen molar-refractivity contribution in [2.75, 3.05) is 18.4 Å². The van der Waals surface area contributed by atoms with E-state index in [-0.39, 0.29) is 17.4 Å². The molecule has 1 aliphatic heterocycles. The lowest BCUT2D eigenvalue weighted by atomic mass is 9.97. The number of likely N-dealkylation sites (tertiary alicyclic amines) is 1. The molecule has 7 nitrogen and oxygen atoms in total. The largest absolute Gasteiger partial charge is 0.459 e. The number of anilines is 1. The molecule has 0 radical (unpaired) electrons. The maximum atomic E-state index is 13.6. The van der Waals surface area contributed by atoms with Gasteiger partial charge in [-0.2, -0.15) is 0 Å². The van der Waals surface area contributed by atoms with Crippen LogP contribution in [0.3, 0.4) is 0 Å². The van der Waals surface area contributed by atoms with Crippen LogP contribution in [0.4, 0.5) is 10.1 Å². The van der Waals surface area contributed by atoms with Crippen LogP contribution in [0.25, 0.3) is 0 Å². The van der Waals surface area contributed by atoms with Crippen LogP contribution < -0.4 is 5.32 Å². The fraction of sp³-hybridized carbons (Fsp3) is 0.350. The predicted octanol–water partition coefficient (Wildman–Crippen LogP) is 2.84. The van der Waals surface area contributed by atoms with Gasteiger partial charge in [-0.15, -0.1) is 0 Å². The maximum absolute atomic E-state index is 13.6. The Balaban J connectivity index is 1.48. The number of hydrogen-bond acceptors (Lipinski definition) is 5. The van der Waals surface area contributed by atoms with E-state index in [2.05, 4.69) is 5.32 Å². The highest BCUT2D eigenvalue weighted by Gasteiger charge is 2.31. The van der Waals surface area contributed by atoms with E-state index in [1.54, 1.807) is 23.1 Å². The highest BCUT2D eigenvalue weighted by Crippen LogP contribution is 2.21. The summed E-state index contributed by atoms with van der Waals surface area (Å²) in [5.74, 6) is -2.02. The first-order valence-electron chi connectivity index (χ1n) is 9.04. The smallest absolute Gasteiger partial charge is 0.309 e. The Labute approximate surface area is 161 Å². The van der Waals surface area contributed by atoms with E-state index in [0.29, 0.717) is 25.9 Å². The Bertz CT molecular complexity index is 844. The van der Waals surface area contributed by atoms with Crippen molar-refractivity contribution in [1.29, 1.82) is 0 Å². The third-order valence-electron chi connectivity index (χ3n) is 4.64. The van der Waals surface area contributed by atoms with Crippen molar-refractivity contribution in [3.8, 4) is 0 Å². The summed E-state index contributed by atoms with van der Waals surface area (Å²) in [6.45, 7) is 2.23. The Morgan fingerprint density at radius 2 is 1.89 bits per heavy atom. The van der Waals surface area contributed by atoms with Crippen LogP contribution in [0, 0.1) is 11.7 Å². The fourth-order valence-corrected chi connectivity index (χ4v) is 3.00. The molecule has 1 atom stereocenters. The Morgan fingerprint density at radius 1 is 1.18 bits per heavy atom. The van der Waals surface area contributed by atoms with Crippen LogP contribution in [0.5, 0.6) is 0 Å². The molecule has 28 heavy (non-hydrogen) atoms. The lowest BCUT2D eigenvalue weighted by Gasteiger charge is -2.30. The summed E-state index contributed by atoms with van der Waals surface area (Å²) in [6.07, 6.45) is 1.25. The zero-order chi connectivity index (χ0) is 20.1. The lowest BCUT2D eigenvalue weighted by Crippen LogP contribution is -2.41. The van der Waals surface area contributed by atoms with Gasteiger partial charge >= 0.3 is 5.97 Å². The minimum absolute atomic E-state index is 0.0279. The molecule has 0 saturated carbocycles. The number of halogens is 1. The number of furan rings is 1. The quantitative estimate of drug-likeness (QED) is 0.796. The number of piperidine rings is 1. The molecule has 0 spiro atoms. The van der Waals surface area contributed by atoms with E-state index in [9.17, 15) is 18.8 Å². The molecule has 3 rings (SSSR count). The molecule has 1 saturated heterocycles. The van der Waals surface area contributed by atoms with Gasteiger partial charge in [-0.3, -0.25) is 14.4 Å². The molecule has 148 valence electrons. The number of nitrogens with zero attached hydrogens (tertiary/aromatic N) is 1. The number of benzene rings is 1. The highest BCUT2D eigenvalue weighted by molar-refractivity contribution is 5.95. The summed E-state index contributed by atoms with van der Waals surface area (Å²) in [5.41, 5.74) is 0.0279. The second-order valence-corrected chi connectivity index (χ2v) is 6.59. The number of carbonyl (C=O) groups excluding carboxylic acids is 3. The summed E-state index contributed by atoms with van der Waals surface area (Å²) >= 11 is 0. The van der Waals surface area contributed by atoms with Gasteiger partial charge < -0.3 is 19.4 Å². The van der Waals surface area contributed by atoms with Gasteiger partial charge in [0.25, 0.3) is 11.8 Å². The summed E-state index contributed by atoms with van der Waals surface area (Å²) in [5, 5.41) is 2.40. The number of carbonyl (C=O) groups is 3. The van der Waals surface area contributed by atoms with Crippen molar-refractivity contribution < 1.29 is 27.9 Å². The van der Waals surface area contributed by atoms with Crippen molar-refractivity contribution in [3.05, 3.63) is 54.2 Å². The summed E-state index contributed by atoms with van der Waals surface area (Å²) in [7, 11) is 0. The molecule has 0 bridgehead atoms. The van der Waals surface area contributed by atoms with Gasteiger partial charge in [0.1, 0.15) is 5.82 Å². The molecule has 8 heteroatoms. The van der Waals surface area contributed by atoms with E-state index in [4.69, 9.17) is 9.15 Å². The van der Waals surface area contributed by atoms with Gasteiger partial charge in [0.2, 0.25) is 0 Å². The van der Waals surface area contributed by atoms with Crippen LogP contribution >= 0.6 is 0 Å². The van der Waals surface area contributed by atoms with Crippen LogP contribution in [0.2, 0.25) is 0 Å². The number of para-hydroxylation sites is 1. The standard InChI is InChI=1S/C20H21FN2O5/c1-13(18(24)22-16-6-3-2-5-15(16)21)28-20(26)14-8-10-23(11-9-14)19(25)17-7-4-12-27-17/h2-7,12-14H,8-11H2,1H3,(H,22,24). The first-order valence-corrected chi connectivity index (χ1v) is 9.04. The summed E-state index contributed by atoms with van der Waals surface area (Å²) in [6, 6.07) is 8.99. The van der Waals surface area contributed by atoms with E-state index >= 15 is 0 Å². The Hall–Kier alpha value is -3.16. The highest BCUT2D eigenvalue weighted by atomic mass is 19.1. The zero-order valence-electron chi connectivity index (χ0n) is 15.4.